The number of nitrogens with one attached hydrogen (secondary N) is 1. The fourth-order valence-corrected chi connectivity index (χ4v) is 2.07. The van der Waals surface area contributed by atoms with Crippen LogP contribution in [-0.2, 0) is 4.79 Å². The second-order valence-corrected chi connectivity index (χ2v) is 4.66. The highest BCUT2D eigenvalue weighted by Gasteiger charge is 2.19. The standard InChI is InChI=1S/C12H25N5O/c1-13-12(14-2)17-9-7-16(8-10-17)6-5-11(18)15(3)4/h5-10H2,1-4H3,(H,13,14). The van der Waals surface area contributed by atoms with Crippen LogP contribution >= 0.6 is 0 Å². The van der Waals surface area contributed by atoms with Crippen LogP contribution in [0, 0.1) is 0 Å². The van der Waals surface area contributed by atoms with Gasteiger partial charge in [0.05, 0.1) is 0 Å². The molecule has 0 spiro atoms. The van der Waals surface area contributed by atoms with Crippen LogP contribution in [-0.4, -0.2) is 87.5 Å². The average Bonchev–Trinajstić information content (AvgIpc) is 2.38. The second-order valence-electron chi connectivity index (χ2n) is 4.66. The molecule has 6 nitrogen and oxygen atoms in total. The number of carbonyl (C=O) groups excluding carboxylic acids is 1. The lowest BCUT2D eigenvalue weighted by Crippen LogP contribution is -2.52. The first-order valence-corrected chi connectivity index (χ1v) is 6.40. The molecule has 6 heteroatoms. The Hall–Kier alpha value is -1.30. The van der Waals surface area contributed by atoms with E-state index in [-0.39, 0.29) is 5.91 Å². The monoisotopic (exact) mass is 255 g/mol. The minimum absolute atomic E-state index is 0.198. The SMILES string of the molecule is CN=C(NC)N1CCN(CCC(=O)N(C)C)CC1. The van der Waals surface area contributed by atoms with Gasteiger partial charge in [0.1, 0.15) is 0 Å². The number of hydrogen-bond donors (Lipinski definition) is 1. The van der Waals surface area contributed by atoms with Gasteiger partial charge in [0.25, 0.3) is 0 Å². The number of carbonyl (C=O) groups is 1. The predicted molar refractivity (Wildman–Crippen MR) is 73.7 cm³/mol. The largest absolute Gasteiger partial charge is 0.359 e. The summed E-state index contributed by atoms with van der Waals surface area (Å²) < 4.78 is 0. The second kappa shape index (κ2) is 7.20. The molecule has 1 amide bonds. The average molecular weight is 255 g/mol. The third-order valence-electron chi connectivity index (χ3n) is 3.25. The summed E-state index contributed by atoms with van der Waals surface area (Å²) in [7, 11) is 7.30. The molecule has 0 atom stereocenters. The summed E-state index contributed by atoms with van der Waals surface area (Å²) in [6, 6.07) is 0. The van der Waals surface area contributed by atoms with Crippen LogP contribution in [0.5, 0.6) is 0 Å². The molecule has 1 aliphatic rings. The Bertz CT molecular complexity index is 295. The number of hydrogen-bond acceptors (Lipinski definition) is 3. The van der Waals surface area contributed by atoms with Gasteiger partial charge in [0.15, 0.2) is 5.96 Å². The van der Waals surface area contributed by atoms with Crippen LogP contribution in [0.25, 0.3) is 0 Å². The van der Waals surface area contributed by atoms with Gasteiger partial charge in [-0.05, 0) is 0 Å². The first-order chi connectivity index (χ1) is 8.58. The topological polar surface area (TPSA) is 51.2 Å². The van der Waals surface area contributed by atoms with E-state index in [9.17, 15) is 4.79 Å². The van der Waals surface area contributed by atoms with Crippen LogP contribution in [0.3, 0.4) is 0 Å². The van der Waals surface area contributed by atoms with Crippen molar-refractivity contribution in [3.63, 3.8) is 0 Å². The molecule has 0 unspecified atom stereocenters. The molecule has 1 saturated heterocycles. The van der Waals surface area contributed by atoms with Crippen molar-refractivity contribution >= 4 is 11.9 Å². The van der Waals surface area contributed by atoms with E-state index in [0.717, 1.165) is 38.7 Å². The Morgan fingerprint density at radius 1 is 1.28 bits per heavy atom. The van der Waals surface area contributed by atoms with Crippen molar-refractivity contribution in [2.45, 2.75) is 6.42 Å². The minimum Gasteiger partial charge on any atom is -0.359 e. The maximum Gasteiger partial charge on any atom is 0.223 e. The van der Waals surface area contributed by atoms with Crippen molar-refractivity contribution in [2.24, 2.45) is 4.99 Å². The van der Waals surface area contributed by atoms with Crippen LogP contribution in [0.2, 0.25) is 0 Å². The highest BCUT2D eigenvalue weighted by Crippen LogP contribution is 2.03. The van der Waals surface area contributed by atoms with Crippen LogP contribution < -0.4 is 5.32 Å². The van der Waals surface area contributed by atoms with Gasteiger partial charge in [0, 0.05) is 67.3 Å². The first kappa shape index (κ1) is 14.8. The van der Waals surface area contributed by atoms with Crippen molar-refractivity contribution in [1.82, 2.24) is 20.0 Å². The lowest BCUT2D eigenvalue weighted by molar-refractivity contribution is -0.129. The first-order valence-electron chi connectivity index (χ1n) is 6.40. The van der Waals surface area contributed by atoms with Gasteiger partial charge >= 0.3 is 0 Å². The molecule has 1 fully saturated rings. The van der Waals surface area contributed by atoms with Gasteiger partial charge in [0.2, 0.25) is 5.91 Å². The Labute approximate surface area is 110 Å². The van der Waals surface area contributed by atoms with E-state index in [1.165, 1.54) is 0 Å². The zero-order chi connectivity index (χ0) is 13.5. The molecular formula is C12H25N5O. The van der Waals surface area contributed by atoms with Crippen LogP contribution in [0.4, 0.5) is 0 Å². The molecular weight excluding hydrogens is 230 g/mol. The molecule has 0 saturated carbocycles. The summed E-state index contributed by atoms with van der Waals surface area (Å²) >= 11 is 0. The Morgan fingerprint density at radius 3 is 2.33 bits per heavy atom. The van der Waals surface area contributed by atoms with Crippen LogP contribution in [0.1, 0.15) is 6.42 Å². The molecule has 1 N–H and O–H groups in total. The zero-order valence-electron chi connectivity index (χ0n) is 11.9. The molecule has 0 bridgehead atoms. The highest BCUT2D eigenvalue weighted by atomic mass is 16.2. The maximum atomic E-state index is 11.5. The lowest BCUT2D eigenvalue weighted by Gasteiger charge is -2.36. The molecule has 0 aliphatic carbocycles. The van der Waals surface area contributed by atoms with Gasteiger partial charge in [-0.25, -0.2) is 0 Å². The predicted octanol–water partition coefficient (Wildman–Crippen LogP) is -0.712. The fraction of sp³-hybridized carbons (Fsp3) is 0.833. The normalized spacial score (nSPS) is 17.8. The summed E-state index contributed by atoms with van der Waals surface area (Å²) in [4.78, 5) is 21.9. The number of piperazine rings is 1. The van der Waals surface area contributed by atoms with E-state index >= 15 is 0 Å². The van der Waals surface area contributed by atoms with E-state index < -0.39 is 0 Å². The lowest BCUT2D eigenvalue weighted by atomic mass is 10.3. The van der Waals surface area contributed by atoms with E-state index in [0.29, 0.717) is 6.42 Å². The Kier molecular flexibility index (Phi) is 5.91. The number of amides is 1. The van der Waals surface area contributed by atoms with E-state index in [1.54, 1.807) is 26.0 Å². The van der Waals surface area contributed by atoms with E-state index in [1.807, 2.05) is 7.05 Å². The molecule has 1 rings (SSSR count). The molecule has 1 heterocycles. The summed E-state index contributed by atoms with van der Waals surface area (Å²) in [6.45, 7) is 4.75. The van der Waals surface area contributed by atoms with E-state index in [2.05, 4.69) is 20.1 Å². The van der Waals surface area contributed by atoms with Gasteiger partial charge in [-0.3, -0.25) is 14.7 Å². The molecule has 18 heavy (non-hydrogen) atoms. The highest BCUT2D eigenvalue weighted by molar-refractivity contribution is 5.79. The third kappa shape index (κ3) is 4.18. The number of guanidine groups is 1. The number of nitrogens with zero attached hydrogens (tertiary/aromatic N) is 4. The van der Waals surface area contributed by atoms with Crippen molar-refractivity contribution in [2.75, 3.05) is 60.9 Å². The van der Waals surface area contributed by atoms with Crippen molar-refractivity contribution in [3.8, 4) is 0 Å². The smallest absolute Gasteiger partial charge is 0.223 e. The molecule has 0 radical (unpaired) electrons. The summed E-state index contributed by atoms with van der Waals surface area (Å²) in [5.41, 5.74) is 0. The fourth-order valence-electron chi connectivity index (χ4n) is 2.07. The third-order valence-corrected chi connectivity index (χ3v) is 3.25. The molecule has 1 aliphatic heterocycles. The zero-order valence-corrected chi connectivity index (χ0v) is 11.9. The Morgan fingerprint density at radius 2 is 1.89 bits per heavy atom. The number of rotatable bonds is 3. The molecule has 104 valence electrons. The van der Waals surface area contributed by atoms with Crippen LogP contribution in [0.15, 0.2) is 4.99 Å². The van der Waals surface area contributed by atoms with Crippen molar-refractivity contribution in [3.05, 3.63) is 0 Å². The summed E-state index contributed by atoms with van der Waals surface area (Å²) in [5, 5.41) is 3.10. The maximum absolute atomic E-state index is 11.5. The summed E-state index contributed by atoms with van der Waals surface area (Å²) in [5.74, 6) is 1.14. The minimum atomic E-state index is 0.198. The molecule has 0 aromatic carbocycles. The molecule has 0 aromatic heterocycles. The summed E-state index contributed by atoms with van der Waals surface area (Å²) in [6.07, 6.45) is 0.605. The Balaban J connectivity index is 2.29. The van der Waals surface area contributed by atoms with Crippen molar-refractivity contribution in [1.29, 1.82) is 0 Å². The van der Waals surface area contributed by atoms with Gasteiger partial charge in [-0.2, -0.15) is 0 Å². The van der Waals surface area contributed by atoms with Gasteiger partial charge < -0.3 is 15.1 Å². The quantitative estimate of drug-likeness (QED) is 0.534. The van der Waals surface area contributed by atoms with E-state index in [4.69, 9.17) is 0 Å². The molecule has 0 aromatic rings. The van der Waals surface area contributed by atoms with Crippen molar-refractivity contribution < 1.29 is 4.79 Å². The number of aliphatic imine (C=N–C) groups is 1. The van der Waals surface area contributed by atoms with Gasteiger partial charge in [-0.1, -0.05) is 0 Å². The van der Waals surface area contributed by atoms with Gasteiger partial charge in [-0.15, -0.1) is 0 Å².